The molecule has 2 aromatic rings. The number of fused-ring (bicyclic) bond motifs is 1. The van der Waals surface area contributed by atoms with E-state index in [4.69, 9.17) is 19.1 Å². The molecule has 2 aromatic carbocycles. The molecule has 0 radical (unpaired) electrons. The first-order valence-electron chi connectivity index (χ1n) is 14.3. The summed E-state index contributed by atoms with van der Waals surface area (Å²) in [5.74, 6) is -4.43. The summed E-state index contributed by atoms with van der Waals surface area (Å²) in [6.07, 6.45) is -0.750. The van der Waals surface area contributed by atoms with E-state index in [2.05, 4.69) is 0 Å². The van der Waals surface area contributed by atoms with Crippen molar-refractivity contribution in [2.45, 2.75) is 38.4 Å². The molecule has 0 bridgehead atoms. The molecule has 2 saturated heterocycles. The Morgan fingerprint density at radius 2 is 2.06 bits per heavy atom. The van der Waals surface area contributed by atoms with Gasteiger partial charge in [0.25, 0.3) is 5.91 Å². The summed E-state index contributed by atoms with van der Waals surface area (Å²) >= 11 is 0. The lowest BCUT2D eigenvalue weighted by Crippen LogP contribution is -2.52. The number of hydrogen-bond acceptors (Lipinski definition) is 6. The van der Waals surface area contributed by atoms with Crippen LogP contribution < -0.4 is 10.1 Å². The minimum absolute atomic E-state index is 0.0420. The number of imide groups is 1. The molecule has 3 aliphatic heterocycles. The minimum Gasteiger partial charge on any atom is -0.488 e. The van der Waals surface area contributed by atoms with Crippen LogP contribution in [0.5, 0.6) is 5.75 Å². The molecule has 2 fully saturated rings. The highest BCUT2D eigenvalue weighted by molar-refractivity contribution is 6.05. The maximum absolute atomic E-state index is 15.3. The topological polar surface area (TPSA) is 88.2 Å². The van der Waals surface area contributed by atoms with E-state index in [9.17, 15) is 14.4 Å². The molecule has 178 valence electrons. The Morgan fingerprint density at radius 1 is 1.24 bits per heavy atom. The smallest absolute Gasteiger partial charge is 0.255 e. The fourth-order valence-corrected chi connectivity index (χ4v) is 3.84. The van der Waals surface area contributed by atoms with Gasteiger partial charge in [0.05, 0.1) is 26.6 Å². The second-order valence-corrected chi connectivity index (χ2v) is 7.87. The van der Waals surface area contributed by atoms with Gasteiger partial charge in [0.2, 0.25) is 11.8 Å². The zero-order valence-corrected chi connectivity index (χ0v) is 18.0. The van der Waals surface area contributed by atoms with Crippen LogP contribution in [0.4, 0.5) is 4.39 Å². The molecular weight excluding hydrogens is 441 g/mol. The van der Waals surface area contributed by atoms with Crippen LogP contribution in [0.3, 0.4) is 0 Å². The minimum atomic E-state index is -2.91. The molecule has 3 amide bonds. The van der Waals surface area contributed by atoms with Crippen molar-refractivity contribution in [3.63, 3.8) is 0 Å². The van der Waals surface area contributed by atoms with Crippen LogP contribution in [-0.2, 0) is 33.9 Å². The third-order valence-electron chi connectivity index (χ3n) is 5.60. The number of carbonyl (C=O) groups is 3. The molecular formula is C25H26FN3O5. The maximum Gasteiger partial charge on any atom is 0.255 e. The summed E-state index contributed by atoms with van der Waals surface area (Å²) in [6.45, 7) is -6.61. The highest BCUT2D eigenvalue weighted by Gasteiger charge is 2.40. The number of ether oxygens (including phenoxy) is 2. The van der Waals surface area contributed by atoms with Crippen LogP contribution in [0.15, 0.2) is 36.4 Å². The number of benzene rings is 2. The molecule has 34 heavy (non-hydrogen) atoms. The van der Waals surface area contributed by atoms with Gasteiger partial charge in [-0.05, 0) is 30.2 Å². The highest BCUT2D eigenvalue weighted by Crippen LogP contribution is 2.34. The van der Waals surface area contributed by atoms with Crippen molar-refractivity contribution in [1.82, 2.24) is 15.1 Å². The average molecular weight is 475 g/mol. The Hall–Kier alpha value is -3.30. The number of nitrogens with one attached hydrogen (secondary N) is 1. The predicted octanol–water partition coefficient (Wildman–Crippen LogP) is 2.00. The van der Waals surface area contributed by atoms with E-state index in [-0.39, 0.29) is 30.6 Å². The van der Waals surface area contributed by atoms with Crippen molar-refractivity contribution in [1.29, 1.82) is 0 Å². The molecule has 1 atom stereocenters. The van der Waals surface area contributed by atoms with Gasteiger partial charge in [-0.1, -0.05) is 18.2 Å². The average Bonchev–Trinajstić information content (AvgIpc) is 3.12. The van der Waals surface area contributed by atoms with E-state index >= 15 is 4.39 Å². The van der Waals surface area contributed by atoms with E-state index in [0.717, 1.165) is 12.1 Å². The number of carbonyl (C=O) groups excluding carboxylic acids is 3. The standard InChI is InChI=1S/C25H26FN3O5/c26-20-12-16(13-28-8-10-33-11-9-28)4-5-17(20)15-34-22-3-1-2-18-19(22)14-29(25(18)32)21-6-7-23(30)27-24(21)31/h1-5,12,21H,6-11,13-15H2,(H,27,30,31)/i13D2,14D2,15D2,21D. The van der Waals surface area contributed by atoms with Crippen molar-refractivity contribution in [2.75, 3.05) is 26.3 Å². The molecule has 1 unspecified atom stereocenters. The van der Waals surface area contributed by atoms with Crippen LogP contribution >= 0.6 is 0 Å². The fourth-order valence-electron chi connectivity index (χ4n) is 3.84. The van der Waals surface area contributed by atoms with E-state index in [1.165, 1.54) is 29.2 Å². The Kier molecular flexibility index (Phi) is 4.36. The number of rotatable bonds is 6. The summed E-state index contributed by atoms with van der Waals surface area (Å²) in [7, 11) is 0. The SMILES string of the molecule is [2H]C([2H])(Oc1cccc2c1C([2H])([2H])N(C1([2H])CCC(=O)NC1=O)C2=O)c1ccc(C([2H])([2H])N2CCOCC2)cc1F. The van der Waals surface area contributed by atoms with Gasteiger partial charge >= 0.3 is 0 Å². The number of amides is 3. The van der Waals surface area contributed by atoms with Crippen molar-refractivity contribution < 1.29 is 37.8 Å². The predicted molar refractivity (Wildman–Crippen MR) is 119 cm³/mol. The molecule has 5 rings (SSSR count). The molecule has 0 saturated carbocycles. The molecule has 0 spiro atoms. The summed E-state index contributed by atoms with van der Waals surface area (Å²) < 4.78 is 85.9. The number of piperidine rings is 1. The van der Waals surface area contributed by atoms with Gasteiger partial charge in [0.15, 0.2) is 0 Å². The Morgan fingerprint density at radius 3 is 2.82 bits per heavy atom. The molecule has 3 aliphatic rings. The molecule has 0 aliphatic carbocycles. The normalized spacial score (nSPS) is 28.4. The first-order chi connectivity index (χ1) is 19.1. The highest BCUT2D eigenvalue weighted by atomic mass is 19.1. The van der Waals surface area contributed by atoms with Gasteiger partial charge < -0.3 is 14.4 Å². The quantitative estimate of drug-likeness (QED) is 0.645. The lowest BCUT2D eigenvalue weighted by molar-refractivity contribution is -0.136. The Balaban J connectivity index is 1.47. The van der Waals surface area contributed by atoms with Gasteiger partial charge in [-0.25, -0.2) is 4.39 Å². The third kappa shape index (κ3) is 4.53. The second-order valence-electron chi connectivity index (χ2n) is 7.87. The number of hydrogen-bond donors (Lipinski definition) is 1. The van der Waals surface area contributed by atoms with Gasteiger partial charge in [0, 0.05) is 45.4 Å². The summed E-state index contributed by atoms with van der Waals surface area (Å²) in [5, 5.41) is 1.95. The van der Waals surface area contributed by atoms with E-state index in [0.29, 0.717) is 18.1 Å². The van der Waals surface area contributed by atoms with E-state index in [1.54, 1.807) is 0 Å². The van der Waals surface area contributed by atoms with Crippen molar-refractivity contribution >= 4 is 17.7 Å². The molecule has 8 nitrogen and oxygen atoms in total. The zero-order chi connectivity index (χ0) is 30.0. The molecule has 9 heteroatoms. The third-order valence-corrected chi connectivity index (χ3v) is 5.60. The molecule has 0 aromatic heterocycles. The lowest BCUT2D eigenvalue weighted by Gasteiger charge is -2.29. The second kappa shape index (κ2) is 9.52. The largest absolute Gasteiger partial charge is 0.488 e. The van der Waals surface area contributed by atoms with Gasteiger partial charge in [-0.15, -0.1) is 0 Å². The first-order valence-corrected chi connectivity index (χ1v) is 10.8. The fraction of sp³-hybridized carbons (Fsp3) is 0.400. The Labute approximate surface area is 206 Å². The van der Waals surface area contributed by atoms with Crippen LogP contribution in [0.1, 0.15) is 49.5 Å². The van der Waals surface area contributed by atoms with E-state index < -0.39 is 72.4 Å². The summed E-state index contributed by atoms with van der Waals surface area (Å²) in [6, 6.07) is 4.39. The van der Waals surface area contributed by atoms with Gasteiger partial charge in [-0.2, -0.15) is 0 Å². The number of nitrogens with zero attached hydrogens (tertiary/aromatic N) is 2. The van der Waals surface area contributed by atoms with Gasteiger partial charge in [0.1, 0.15) is 24.1 Å². The first kappa shape index (κ1) is 15.6. The van der Waals surface area contributed by atoms with Crippen molar-refractivity contribution in [3.05, 3.63) is 64.5 Å². The van der Waals surface area contributed by atoms with Crippen LogP contribution in [-0.4, -0.2) is 59.8 Å². The van der Waals surface area contributed by atoms with Crippen LogP contribution in [0.25, 0.3) is 0 Å². The van der Waals surface area contributed by atoms with E-state index in [1.807, 2.05) is 5.32 Å². The monoisotopic (exact) mass is 474 g/mol. The van der Waals surface area contributed by atoms with Crippen molar-refractivity contribution in [3.8, 4) is 5.75 Å². The summed E-state index contributed by atoms with van der Waals surface area (Å²) in [5.41, 5.74) is -1.37. The molecule has 3 heterocycles. The maximum atomic E-state index is 15.3. The van der Waals surface area contributed by atoms with Crippen LogP contribution in [0, 0.1) is 5.82 Å². The zero-order valence-electron chi connectivity index (χ0n) is 25.0. The number of halogens is 1. The van der Waals surface area contributed by atoms with Crippen LogP contribution in [0.2, 0.25) is 0 Å². The van der Waals surface area contributed by atoms with Crippen molar-refractivity contribution in [2.24, 2.45) is 0 Å². The Bertz CT molecular complexity index is 1440. The van der Waals surface area contributed by atoms with Gasteiger partial charge in [-0.3, -0.25) is 24.6 Å². The molecule has 1 N–H and O–H groups in total. The summed E-state index contributed by atoms with van der Waals surface area (Å²) in [4.78, 5) is 39.4. The lowest BCUT2D eigenvalue weighted by atomic mass is 10.0. The number of morpholine rings is 1.